The van der Waals surface area contributed by atoms with Crippen LogP contribution in [0.15, 0.2) is 30.4 Å². The van der Waals surface area contributed by atoms with Gasteiger partial charge in [-0.3, -0.25) is 0 Å². The summed E-state index contributed by atoms with van der Waals surface area (Å²) in [6.45, 7) is 2.36. The number of fused-ring (bicyclic) bond motifs is 1. The fraction of sp³-hybridized carbons (Fsp3) is 0.444. The normalized spacial score (nSPS) is 25.1. The van der Waals surface area contributed by atoms with Gasteiger partial charge in [-0.2, -0.15) is 0 Å². The van der Waals surface area contributed by atoms with Gasteiger partial charge in [0.15, 0.2) is 0 Å². The van der Waals surface area contributed by atoms with Crippen LogP contribution in [0.25, 0.3) is 0 Å². The molecule has 7 heteroatoms. The molecule has 1 saturated carbocycles. The van der Waals surface area contributed by atoms with Crippen LogP contribution >= 0.6 is 23.2 Å². The molecule has 0 radical (unpaired) electrons. The lowest BCUT2D eigenvalue weighted by Crippen LogP contribution is -2.25. The van der Waals surface area contributed by atoms with Crippen LogP contribution in [0.1, 0.15) is 30.7 Å². The molecule has 1 saturated heterocycles. The van der Waals surface area contributed by atoms with Crippen LogP contribution in [0, 0.1) is 11.8 Å². The Hall–Kier alpha value is -1.56. The van der Waals surface area contributed by atoms with Crippen molar-refractivity contribution in [2.45, 2.75) is 25.2 Å². The second-order valence-electron chi connectivity index (χ2n) is 6.30. The SMILES string of the molecule is Clc1ccc([C@H]2CCC[C@H]3CNC[C@H]32)cc1Cl.O=C(O)/C=C/C(=O)O. The number of aliphatic carboxylic acids is 2. The summed E-state index contributed by atoms with van der Waals surface area (Å²) in [7, 11) is 0. The van der Waals surface area contributed by atoms with Gasteiger partial charge >= 0.3 is 11.9 Å². The van der Waals surface area contributed by atoms with Crippen molar-refractivity contribution >= 4 is 35.1 Å². The zero-order valence-corrected chi connectivity index (χ0v) is 15.1. The van der Waals surface area contributed by atoms with Gasteiger partial charge in [-0.25, -0.2) is 9.59 Å². The minimum atomic E-state index is -1.26. The summed E-state index contributed by atoms with van der Waals surface area (Å²) in [5, 5.41) is 20.5. The molecule has 3 N–H and O–H groups in total. The van der Waals surface area contributed by atoms with Crippen molar-refractivity contribution in [3.8, 4) is 0 Å². The predicted molar refractivity (Wildman–Crippen MR) is 97.3 cm³/mol. The first-order valence-electron chi connectivity index (χ1n) is 8.18. The molecule has 0 spiro atoms. The highest BCUT2D eigenvalue weighted by molar-refractivity contribution is 6.42. The first-order chi connectivity index (χ1) is 11.9. The molecule has 1 heterocycles. The van der Waals surface area contributed by atoms with Crippen LogP contribution in [0.2, 0.25) is 10.0 Å². The van der Waals surface area contributed by atoms with Crippen LogP contribution in [0.4, 0.5) is 0 Å². The fourth-order valence-electron chi connectivity index (χ4n) is 3.65. The van der Waals surface area contributed by atoms with Crippen molar-refractivity contribution < 1.29 is 19.8 Å². The van der Waals surface area contributed by atoms with Crippen LogP contribution < -0.4 is 5.32 Å². The van der Waals surface area contributed by atoms with Crippen molar-refractivity contribution in [1.29, 1.82) is 0 Å². The molecule has 1 aromatic rings. The molecule has 0 amide bonds. The molecule has 2 fully saturated rings. The summed E-state index contributed by atoms with van der Waals surface area (Å²) in [6.07, 6.45) is 5.13. The Labute approximate surface area is 156 Å². The highest BCUT2D eigenvalue weighted by Gasteiger charge is 2.37. The van der Waals surface area contributed by atoms with Crippen LogP contribution in [-0.4, -0.2) is 35.2 Å². The molecule has 0 aromatic heterocycles. The van der Waals surface area contributed by atoms with Crippen LogP contribution in [0.5, 0.6) is 0 Å². The van der Waals surface area contributed by atoms with E-state index in [1.54, 1.807) is 0 Å². The number of carbonyl (C=O) groups is 2. The lowest BCUT2D eigenvalue weighted by molar-refractivity contribution is -0.134. The average molecular weight is 386 g/mol. The predicted octanol–water partition coefficient (Wildman–Crippen LogP) is 3.81. The molecule has 1 aromatic carbocycles. The van der Waals surface area contributed by atoms with E-state index in [2.05, 4.69) is 17.4 Å². The monoisotopic (exact) mass is 385 g/mol. The van der Waals surface area contributed by atoms with Gasteiger partial charge in [-0.05, 0) is 61.4 Å². The number of carboxylic acid groups (broad SMARTS) is 2. The lowest BCUT2D eigenvalue weighted by Gasteiger charge is -2.33. The maximum Gasteiger partial charge on any atom is 0.328 e. The van der Waals surface area contributed by atoms with E-state index in [9.17, 15) is 9.59 Å². The Balaban J connectivity index is 0.000000242. The minimum absolute atomic E-state index is 0.558. The number of nitrogens with one attached hydrogen (secondary N) is 1. The first-order valence-corrected chi connectivity index (χ1v) is 8.93. The fourth-order valence-corrected chi connectivity index (χ4v) is 3.96. The topological polar surface area (TPSA) is 86.6 Å². The largest absolute Gasteiger partial charge is 0.478 e. The van der Waals surface area contributed by atoms with Gasteiger partial charge in [-0.1, -0.05) is 35.7 Å². The number of hydrogen-bond acceptors (Lipinski definition) is 3. The molecule has 5 nitrogen and oxygen atoms in total. The third-order valence-electron chi connectivity index (χ3n) is 4.74. The highest BCUT2D eigenvalue weighted by Crippen LogP contribution is 2.43. The van der Waals surface area contributed by atoms with E-state index in [1.165, 1.54) is 31.4 Å². The molecule has 136 valence electrons. The van der Waals surface area contributed by atoms with Crippen molar-refractivity contribution in [1.82, 2.24) is 5.32 Å². The van der Waals surface area contributed by atoms with Gasteiger partial charge in [0.2, 0.25) is 0 Å². The number of carboxylic acids is 2. The van der Waals surface area contributed by atoms with Crippen molar-refractivity contribution in [3.05, 3.63) is 46.0 Å². The summed E-state index contributed by atoms with van der Waals surface area (Å²) in [6, 6.07) is 6.15. The van der Waals surface area contributed by atoms with Crippen molar-refractivity contribution in [2.24, 2.45) is 11.8 Å². The Morgan fingerprint density at radius 3 is 2.32 bits per heavy atom. The summed E-state index contributed by atoms with van der Waals surface area (Å²) >= 11 is 12.1. The third-order valence-corrected chi connectivity index (χ3v) is 5.48. The third kappa shape index (κ3) is 5.73. The van der Waals surface area contributed by atoms with Crippen molar-refractivity contribution in [3.63, 3.8) is 0 Å². The molecule has 1 aliphatic carbocycles. The quantitative estimate of drug-likeness (QED) is 0.688. The van der Waals surface area contributed by atoms with E-state index < -0.39 is 11.9 Å². The van der Waals surface area contributed by atoms with Crippen LogP contribution in [-0.2, 0) is 9.59 Å². The smallest absolute Gasteiger partial charge is 0.328 e. The Bertz CT molecular complexity index is 646. The zero-order valence-electron chi connectivity index (χ0n) is 13.6. The Morgan fingerprint density at radius 2 is 1.72 bits per heavy atom. The van der Waals surface area contributed by atoms with Gasteiger partial charge in [0.1, 0.15) is 0 Å². The van der Waals surface area contributed by atoms with Gasteiger partial charge in [-0.15, -0.1) is 0 Å². The van der Waals surface area contributed by atoms with Crippen molar-refractivity contribution in [2.75, 3.05) is 13.1 Å². The van der Waals surface area contributed by atoms with Gasteiger partial charge in [0, 0.05) is 12.2 Å². The average Bonchev–Trinajstić information content (AvgIpc) is 3.05. The van der Waals surface area contributed by atoms with Gasteiger partial charge < -0.3 is 15.5 Å². The number of halogens is 2. The molecule has 0 bridgehead atoms. The molecule has 2 aliphatic rings. The van der Waals surface area contributed by atoms with E-state index in [0.29, 0.717) is 28.1 Å². The van der Waals surface area contributed by atoms with Gasteiger partial charge in [0.05, 0.1) is 10.0 Å². The minimum Gasteiger partial charge on any atom is -0.478 e. The van der Waals surface area contributed by atoms with Crippen LogP contribution in [0.3, 0.4) is 0 Å². The molecular formula is C18H21Cl2NO4. The van der Waals surface area contributed by atoms with E-state index in [0.717, 1.165) is 18.4 Å². The summed E-state index contributed by atoms with van der Waals surface area (Å²) in [5.41, 5.74) is 1.37. The number of hydrogen-bond donors (Lipinski definition) is 3. The summed E-state index contributed by atoms with van der Waals surface area (Å²) < 4.78 is 0. The number of rotatable bonds is 3. The lowest BCUT2D eigenvalue weighted by atomic mass is 9.71. The summed E-state index contributed by atoms with van der Waals surface area (Å²) in [5.74, 6) is -0.192. The van der Waals surface area contributed by atoms with Gasteiger partial charge in [0.25, 0.3) is 0 Å². The number of benzene rings is 1. The molecule has 3 atom stereocenters. The highest BCUT2D eigenvalue weighted by atomic mass is 35.5. The maximum atomic E-state index is 9.55. The molecular weight excluding hydrogens is 365 g/mol. The standard InChI is InChI=1S/C14H17Cl2N.C4H4O4/c15-13-5-4-9(6-14(13)16)11-3-1-2-10-7-17-8-12(10)11;5-3(6)1-2-4(7)8/h4-6,10-12,17H,1-3,7-8H2;1-2H,(H,5,6)(H,7,8)/b;2-1+/t10-,11+,12+;/m0./s1. The summed E-state index contributed by atoms with van der Waals surface area (Å²) in [4.78, 5) is 19.1. The second-order valence-corrected chi connectivity index (χ2v) is 7.12. The van der Waals surface area contributed by atoms with E-state index in [1.807, 2.05) is 6.07 Å². The Kier molecular flexibility index (Phi) is 7.29. The molecule has 3 rings (SSSR count). The maximum absolute atomic E-state index is 9.55. The molecule has 0 unspecified atom stereocenters. The zero-order chi connectivity index (χ0) is 18.4. The van der Waals surface area contributed by atoms with E-state index in [-0.39, 0.29) is 0 Å². The van der Waals surface area contributed by atoms with E-state index >= 15 is 0 Å². The molecule has 25 heavy (non-hydrogen) atoms. The molecule has 1 aliphatic heterocycles. The second kappa shape index (κ2) is 9.22. The Morgan fingerprint density at radius 1 is 1.04 bits per heavy atom. The first kappa shape index (κ1) is 19.8. The van der Waals surface area contributed by atoms with E-state index in [4.69, 9.17) is 33.4 Å².